The third-order valence-corrected chi connectivity index (χ3v) is 2.49. The van der Waals surface area contributed by atoms with Crippen LogP contribution in [-0.4, -0.2) is 18.0 Å². The zero-order chi connectivity index (χ0) is 14.7. The van der Waals surface area contributed by atoms with Crippen molar-refractivity contribution in [1.29, 1.82) is 0 Å². The second kappa shape index (κ2) is 5.60. The molecular weight excluding hydrogens is 273 g/mol. The summed E-state index contributed by atoms with van der Waals surface area (Å²) in [5.74, 6) is -4.93. The van der Waals surface area contributed by atoms with E-state index < -0.39 is 29.0 Å². The van der Waals surface area contributed by atoms with Crippen molar-refractivity contribution in [3.05, 3.63) is 53.5 Å². The Morgan fingerprint density at radius 1 is 1.20 bits per heavy atom. The average Bonchev–Trinajstić information content (AvgIpc) is 2.48. The first kappa shape index (κ1) is 13.9. The maximum atomic E-state index is 13.4. The van der Waals surface area contributed by atoms with Crippen LogP contribution in [0.5, 0.6) is 5.88 Å². The minimum Gasteiger partial charge on any atom is -0.481 e. The Morgan fingerprint density at radius 3 is 2.65 bits per heavy atom. The van der Waals surface area contributed by atoms with Crippen LogP contribution in [0, 0.1) is 17.5 Å². The van der Waals surface area contributed by atoms with Gasteiger partial charge in [0.15, 0.2) is 17.5 Å². The highest BCUT2D eigenvalue weighted by Gasteiger charge is 2.16. The lowest BCUT2D eigenvalue weighted by molar-refractivity contribution is 0.102. The third kappa shape index (κ3) is 2.71. The van der Waals surface area contributed by atoms with Crippen molar-refractivity contribution >= 4 is 11.6 Å². The van der Waals surface area contributed by atoms with Gasteiger partial charge in [0, 0.05) is 17.8 Å². The standard InChI is InChI=1S/C13H9F3N2O2/c1-20-10-6-7(4-5-17-10)13(19)18-9-3-2-8(14)11(15)12(9)16/h2-6H,1H3,(H,18,19). The molecule has 1 aromatic heterocycles. The molecule has 0 saturated heterocycles. The number of hydrogen-bond acceptors (Lipinski definition) is 3. The summed E-state index contributed by atoms with van der Waals surface area (Å²) in [6, 6.07) is 4.36. The van der Waals surface area contributed by atoms with Crippen molar-refractivity contribution in [2.24, 2.45) is 0 Å². The van der Waals surface area contributed by atoms with Crippen LogP contribution in [0.15, 0.2) is 30.5 Å². The lowest BCUT2D eigenvalue weighted by Crippen LogP contribution is -2.14. The van der Waals surface area contributed by atoms with Crippen LogP contribution in [-0.2, 0) is 0 Å². The van der Waals surface area contributed by atoms with Crippen LogP contribution >= 0.6 is 0 Å². The zero-order valence-electron chi connectivity index (χ0n) is 10.3. The minimum absolute atomic E-state index is 0.140. The van der Waals surface area contributed by atoms with E-state index in [1.807, 2.05) is 0 Å². The number of halogens is 3. The monoisotopic (exact) mass is 282 g/mol. The summed E-state index contributed by atoms with van der Waals surface area (Å²) < 4.78 is 44.1. The number of benzene rings is 1. The molecule has 4 nitrogen and oxygen atoms in total. The van der Waals surface area contributed by atoms with Gasteiger partial charge in [-0.25, -0.2) is 18.2 Å². The first-order valence-electron chi connectivity index (χ1n) is 5.48. The van der Waals surface area contributed by atoms with Crippen LogP contribution in [0.25, 0.3) is 0 Å². The second-order valence-electron chi connectivity index (χ2n) is 3.76. The number of anilines is 1. The Hall–Kier alpha value is -2.57. The van der Waals surface area contributed by atoms with Crippen LogP contribution in [0.2, 0.25) is 0 Å². The molecular formula is C13H9F3N2O2. The van der Waals surface area contributed by atoms with E-state index in [1.54, 1.807) is 0 Å². The van der Waals surface area contributed by atoms with Crippen molar-refractivity contribution in [2.45, 2.75) is 0 Å². The number of nitrogens with zero attached hydrogens (tertiary/aromatic N) is 1. The number of carbonyl (C=O) groups is 1. The Morgan fingerprint density at radius 2 is 1.95 bits per heavy atom. The minimum atomic E-state index is -1.64. The quantitative estimate of drug-likeness (QED) is 0.881. The lowest BCUT2D eigenvalue weighted by atomic mass is 10.2. The van der Waals surface area contributed by atoms with E-state index in [2.05, 4.69) is 10.3 Å². The second-order valence-corrected chi connectivity index (χ2v) is 3.76. The highest BCUT2D eigenvalue weighted by atomic mass is 19.2. The van der Waals surface area contributed by atoms with Gasteiger partial charge in [-0.2, -0.15) is 0 Å². The number of hydrogen-bond donors (Lipinski definition) is 1. The summed E-state index contributed by atoms with van der Waals surface area (Å²) >= 11 is 0. The summed E-state index contributed by atoms with van der Waals surface area (Å²) in [6.07, 6.45) is 1.33. The number of amides is 1. The SMILES string of the molecule is COc1cc(C(=O)Nc2ccc(F)c(F)c2F)ccn1. The molecule has 0 aliphatic heterocycles. The Kier molecular flexibility index (Phi) is 3.88. The molecule has 2 rings (SSSR count). The van der Waals surface area contributed by atoms with Gasteiger partial charge in [-0.3, -0.25) is 4.79 Å². The van der Waals surface area contributed by atoms with E-state index in [0.717, 1.165) is 12.1 Å². The highest BCUT2D eigenvalue weighted by molar-refractivity contribution is 6.04. The molecule has 7 heteroatoms. The van der Waals surface area contributed by atoms with Gasteiger partial charge in [-0.1, -0.05) is 0 Å². The topological polar surface area (TPSA) is 51.2 Å². The van der Waals surface area contributed by atoms with E-state index in [9.17, 15) is 18.0 Å². The van der Waals surface area contributed by atoms with Crippen molar-refractivity contribution in [1.82, 2.24) is 4.98 Å². The summed E-state index contributed by atoms with van der Waals surface area (Å²) in [5, 5.41) is 2.14. The molecule has 1 aromatic carbocycles. The largest absolute Gasteiger partial charge is 0.481 e. The van der Waals surface area contributed by atoms with Gasteiger partial charge < -0.3 is 10.1 Å². The first-order chi connectivity index (χ1) is 9.52. The summed E-state index contributed by atoms with van der Waals surface area (Å²) in [7, 11) is 1.37. The Labute approximate surface area is 112 Å². The zero-order valence-corrected chi connectivity index (χ0v) is 10.3. The molecule has 0 radical (unpaired) electrons. The first-order valence-corrected chi connectivity index (χ1v) is 5.48. The number of pyridine rings is 1. The van der Waals surface area contributed by atoms with Gasteiger partial charge in [-0.15, -0.1) is 0 Å². The van der Waals surface area contributed by atoms with Crippen LogP contribution in [0.3, 0.4) is 0 Å². The number of ether oxygens (including phenoxy) is 1. The summed E-state index contributed by atoms with van der Waals surface area (Å²) in [5.41, 5.74) is -0.314. The van der Waals surface area contributed by atoms with Crippen LogP contribution in [0.4, 0.5) is 18.9 Å². The number of nitrogens with one attached hydrogen (secondary N) is 1. The molecule has 104 valence electrons. The molecule has 2 aromatic rings. The molecule has 0 atom stereocenters. The lowest BCUT2D eigenvalue weighted by Gasteiger charge is -2.08. The molecule has 0 saturated carbocycles. The molecule has 0 fully saturated rings. The molecule has 0 unspecified atom stereocenters. The molecule has 0 bridgehead atoms. The molecule has 0 spiro atoms. The molecule has 0 aliphatic carbocycles. The van der Waals surface area contributed by atoms with Crippen molar-refractivity contribution in [3.63, 3.8) is 0 Å². The predicted molar refractivity (Wildman–Crippen MR) is 65.1 cm³/mol. The van der Waals surface area contributed by atoms with Gasteiger partial charge in [0.05, 0.1) is 12.8 Å². The van der Waals surface area contributed by atoms with Crippen molar-refractivity contribution < 1.29 is 22.7 Å². The summed E-state index contributed by atoms with van der Waals surface area (Å²) in [4.78, 5) is 15.7. The van der Waals surface area contributed by atoms with Crippen LogP contribution in [0.1, 0.15) is 10.4 Å². The summed E-state index contributed by atoms with van der Waals surface area (Å²) in [6.45, 7) is 0. The Bertz CT molecular complexity index is 662. The number of carbonyl (C=O) groups excluding carboxylic acids is 1. The van der Waals surface area contributed by atoms with Crippen molar-refractivity contribution in [3.8, 4) is 5.88 Å². The molecule has 20 heavy (non-hydrogen) atoms. The highest BCUT2D eigenvalue weighted by Crippen LogP contribution is 2.20. The average molecular weight is 282 g/mol. The smallest absolute Gasteiger partial charge is 0.255 e. The molecule has 1 N–H and O–H groups in total. The van der Waals surface area contributed by atoms with Gasteiger partial charge in [0.25, 0.3) is 5.91 Å². The number of aromatic nitrogens is 1. The predicted octanol–water partition coefficient (Wildman–Crippen LogP) is 2.76. The van der Waals surface area contributed by atoms with Crippen molar-refractivity contribution in [2.75, 3.05) is 12.4 Å². The van der Waals surface area contributed by atoms with Gasteiger partial charge in [0.2, 0.25) is 5.88 Å². The fourth-order valence-electron chi connectivity index (χ4n) is 1.48. The molecule has 0 aliphatic rings. The van der Waals surface area contributed by atoms with Gasteiger partial charge in [-0.05, 0) is 18.2 Å². The van der Waals surface area contributed by atoms with E-state index in [0.29, 0.717) is 0 Å². The Balaban J connectivity index is 2.25. The van der Waals surface area contributed by atoms with E-state index in [4.69, 9.17) is 4.74 Å². The van der Waals surface area contributed by atoms with E-state index >= 15 is 0 Å². The number of rotatable bonds is 3. The van der Waals surface area contributed by atoms with Crippen LogP contribution < -0.4 is 10.1 Å². The maximum absolute atomic E-state index is 13.4. The third-order valence-electron chi connectivity index (χ3n) is 2.49. The fourth-order valence-corrected chi connectivity index (χ4v) is 1.48. The molecule has 1 heterocycles. The molecule has 1 amide bonds. The van der Waals surface area contributed by atoms with E-state index in [-0.39, 0.29) is 11.4 Å². The van der Waals surface area contributed by atoms with Gasteiger partial charge in [0.1, 0.15) is 0 Å². The van der Waals surface area contributed by atoms with Gasteiger partial charge >= 0.3 is 0 Å². The normalized spacial score (nSPS) is 10.2. The number of methoxy groups -OCH3 is 1. The maximum Gasteiger partial charge on any atom is 0.255 e. The fraction of sp³-hybridized carbons (Fsp3) is 0.0769. The van der Waals surface area contributed by atoms with E-state index in [1.165, 1.54) is 25.4 Å².